The number of hydrogen-bond acceptors (Lipinski definition) is 3. The maximum atomic E-state index is 12.2. The van der Waals surface area contributed by atoms with Gasteiger partial charge in [0.1, 0.15) is 0 Å². The van der Waals surface area contributed by atoms with Crippen LogP contribution in [0.1, 0.15) is 40.5 Å². The van der Waals surface area contributed by atoms with Crippen molar-refractivity contribution in [2.24, 2.45) is 0 Å². The molecule has 1 aliphatic heterocycles. The van der Waals surface area contributed by atoms with Crippen LogP contribution in [0.15, 0.2) is 0 Å². The number of rotatable bonds is 5. The first-order valence-corrected chi connectivity index (χ1v) is 7.65. The van der Waals surface area contributed by atoms with E-state index in [1.165, 1.54) is 12.8 Å². The van der Waals surface area contributed by atoms with Crippen molar-refractivity contribution in [1.82, 2.24) is 4.90 Å². The molecule has 0 spiro atoms. The number of morpholine rings is 1. The van der Waals surface area contributed by atoms with E-state index in [9.17, 15) is 4.79 Å². The van der Waals surface area contributed by atoms with Crippen molar-refractivity contribution in [1.29, 1.82) is 0 Å². The predicted molar refractivity (Wildman–Crippen MR) is 73.4 cm³/mol. The van der Waals surface area contributed by atoms with Crippen LogP contribution in [-0.2, 0) is 9.53 Å². The molecule has 3 nitrogen and oxygen atoms in total. The van der Waals surface area contributed by atoms with Crippen LogP contribution in [-0.4, -0.2) is 47.1 Å². The second-order valence-electron chi connectivity index (χ2n) is 4.87. The summed E-state index contributed by atoms with van der Waals surface area (Å²) in [4.78, 5) is 14.2. The Hall–Kier alpha value is -0.220. The van der Waals surface area contributed by atoms with Gasteiger partial charge < -0.3 is 9.64 Å². The number of nitrogens with zero attached hydrogens (tertiary/aromatic N) is 1. The van der Waals surface area contributed by atoms with Crippen LogP contribution >= 0.6 is 11.8 Å². The molecule has 3 unspecified atom stereocenters. The summed E-state index contributed by atoms with van der Waals surface area (Å²) in [6.45, 7) is 9.74. The lowest BCUT2D eigenvalue weighted by molar-refractivity contribution is -0.142. The molecule has 1 aliphatic rings. The van der Waals surface area contributed by atoms with Gasteiger partial charge in [0.25, 0.3) is 0 Å². The Bertz CT molecular complexity index is 238. The fourth-order valence-electron chi connectivity index (χ4n) is 2.09. The molecule has 1 saturated heterocycles. The molecule has 0 aromatic rings. The summed E-state index contributed by atoms with van der Waals surface area (Å²) in [6.07, 6.45) is 2.71. The van der Waals surface area contributed by atoms with E-state index in [0.717, 1.165) is 18.8 Å². The lowest BCUT2D eigenvalue weighted by Crippen LogP contribution is -2.50. The smallest absolute Gasteiger partial charge is 0.235 e. The molecule has 4 heteroatoms. The maximum Gasteiger partial charge on any atom is 0.235 e. The molecule has 0 aromatic heterocycles. The summed E-state index contributed by atoms with van der Waals surface area (Å²) in [5, 5.41) is 0.0825. The largest absolute Gasteiger partial charge is 0.372 e. The van der Waals surface area contributed by atoms with Crippen LogP contribution in [0, 0.1) is 0 Å². The van der Waals surface area contributed by atoms with E-state index < -0.39 is 0 Å². The summed E-state index contributed by atoms with van der Waals surface area (Å²) >= 11 is 1.77. The van der Waals surface area contributed by atoms with Gasteiger partial charge in [0.15, 0.2) is 0 Å². The van der Waals surface area contributed by atoms with Gasteiger partial charge in [-0.15, -0.1) is 11.8 Å². The molecule has 3 atom stereocenters. The zero-order chi connectivity index (χ0) is 12.8. The average Bonchev–Trinajstić information content (AvgIpc) is 2.27. The zero-order valence-electron chi connectivity index (χ0n) is 11.4. The number of thioether (sulfide) groups is 1. The number of amides is 1. The minimum atomic E-state index is 0.0825. The molecule has 0 aliphatic carbocycles. The van der Waals surface area contributed by atoms with Gasteiger partial charge in [0.2, 0.25) is 5.91 Å². The highest BCUT2D eigenvalue weighted by molar-refractivity contribution is 8.00. The Labute approximate surface area is 109 Å². The second kappa shape index (κ2) is 7.27. The van der Waals surface area contributed by atoms with Crippen molar-refractivity contribution in [3.63, 3.8) is 0 Å². The third-order valence-corrected chi connectivity index (χ3v) is 4.17. The first kappa shape index (κ1) is 14.8. The van der Waals surface area contributed by atoms with Crippen LogP contribution in [0.2, 0.25) is 0 Å². The first-order chi connectivity index (χ1) is 8.04. The van der Waals surface area contributed by atoms with Gasteiger partial charge in [-0.05, 0) is 32.9 Å². The SMILES string of the molecule is CCCCSC(C)C(=O)N1CC(C)OC(C)C1. The Balaban J connectivity index is 2.39. The van der Waals surface area contributed by atoms with Crippen LogP contribution in [0.4, 0.5) is 0 Å². The van der Waals surface area contributed by atoms with Gasteiger partial charge in [-0.25, -0.2) is 0 Å². The topological polar surface area (TPSA) is 29.5 Å². The third-order valence-electron chi connectivity index (χ3n) is 2.94. The van der Waals surface area contributed by atoms with Crippen molar-refractivity contribution in [3.05, 3.63) is 0 Å². The van der Waals surface area contributed by atoms with E-state index in [1.54, 1.807) is 11.8 Å². The standard InChI is InChI=1S/C13H25NO2S/c1-5-6-7-17-12(4)13(15)14-8-10(2)16-11(3)9-14/h10-12H,5-9H2,1-4H3. The van der Waals surface area contributed by atoms with Gasteiger partial charge in [0, 0.05) is 13.1 Å². The van der Waals surface area contributed by atoms with Crippen LogP contribution in [0.5, 0.6) is 0 Å². The Kier molecular flexibility index (Phi) is 6.34. The molecular formula is C13H25NO2S. The van der Waals surface area contributed by atoms with E-state index in [0.29, 0.717) is 0 Å². The number of carbonyl (C=O) groups is 1. The molecule has 17 heavy (non-hydrogen) atoms. The number of carbonyl (C=O) groups excluding carboxylic acids is 1. The van der Waals surface area contributed by atoms with Gasteiger partial charge in [-0.2, -0.15) is 0 Å². The molecule has 1 heterocycles. The van der Waals surface area contributed by atoms with Crippen LogP contribution in [0.25, 0.3) is 0 Å². The van der Waals surface area contributed by atoms with Gasteiger partial charge in [-0.3, -0.25) is 4.79 Å². The highest BCUT2D eigenvalue weighted by Gasteiger charge is 2.28. The second-order valence-corrected chi connectivity index (χ2v) is 6.32. The summed E-state index contributed by atoms with van der Waals surface area (Å²) in [5.41, 5.74) is 0. The van der Waals surface area contributed by atoms with E-state index >= 15 is 0 Å². The zero-order valence-corrected chi connectivity index (χ0v) is 12.3. The molecular weight excluding hydrogens is 234 g/mol. The van der Waals surface area contributed by atoms with Crippen molar-refractivity contribution in [3.8, 4) is 0 Å². The molecule has 0 bridgehead atoms. The lowest BCUT2D eigenvalue weighted by atomic mass is 10.2. The third kappa shape index (κ3) is 4.88. The van der Waals surface area contributed by atoms with Crippen molar-refractivity contribution in [2.45, 2.75) is 58.0 Å². The van der Waals surface area contributed by atoms with E-state index in [1.807, 2.05) is 25.7 Å². The number of ether oxygens (including phenoxy) is 1. The summed E-state index contributed by atoms with van der Waals surface area (Å²) in [7, 11) is 0. The maximum absolute atomic E-state index is 12.2. The number of unbranched alkanes of at least 4 members (excludes halogenated alkanes) is 1. The summed E-state index contributed by atoms with van der Waals surface area (Å²) in [6, 6.07) is 0. The highest BCUT2D eigenvalue weighted by Crippen LogP contribution is 2.18. The first-order valence-electron chi connectivity index (χ1n) is 6.60. The van der Waals surface area contributed by atoms with Crippen molar-refractivity contribution in [2.75, 3.05) is 18.8 Å². The van der Waals surface area contributed by atoms with Gasteiger partial charge >= 0.3 is 0 Å². The molecule has 1 rings (SSSR count). The van der Waals surface area contributed by atoms with Gasteiger partial charge in [-0.1, -0.05) is 13.3 Å². The van der Waals surface area contributed by atoms with E-state index in [-0.39, 0.29) is 23.4 Å². The monoisotopic (exact) mass is 259 g/mol. The Morgan fingerprint density at radius 2 is 2.00 bits per heavy atom. The molecule has 0 saturated carbocycles. The summed E-state index contributed by atoms with van der Waals surface area (Å²) < 4.78 is 5.64. The average molecular weight is 259 g/mol. The molecule has 0 radical (unpaired) electrons. The summed E-state index contributed by atoms with van der Waals surface area (Å²) in [5.74, 6) is 1.35. The molecule has 0 N–H and O–H groups in total. The molecule has 100 valence electrons. The minimum absolute atomic E-state index is 0.0825. The quantitative estimate of drug-likeness (QED) is 0.711. The van der Waals surface area contributed by atoms with E-state index in [4.69, 9.17) is 4.74 Å². The predicted octanol–water partition coefficient (Wildman–Crippen LogP) is 2.54. The Morgan fingerprint density at radius 3 is 2.53 bits per heavy atom. The van der Waals surface area contributed by atoms with E-state index in [2.05, 4.69) is 6.92 Å². The fraction of sp³-hybridized carbons (Fsp3) is 0.923. The van der Waals surface area contributed by atoms with Crippen molar-refractivity contribution < 1.29 is 9.53 Å². The van der Waals surface area contributed by atoms with Gasteiger partial charge in [0.05, 0.1) is 17.5 Å². The molecule has 1 fully saturated rings. The van der Waals surface area contributed by atoms with Crippen molar-refractivity contribution >= 4 is 17.7 Å². The van der Waals surface area contributed by atoms with Crippen LogP contribution in [0.3, 0.4) is 0 Å². The highest BCUT2D eigenvalue weighted by atomic mass is 32.2. The normalized spacial score (nSPS) is 26.9. The lowest BCUT2D eigenvalue weighted by Gasteiger charge is -2.36. The number of hydrogen-bond donors (Lipinski definition) is 0. The molecule has 1 amide bonds. The Morgan fingerprint density at radius 1 is 1.41 bits per heavy atom. The molecule has 0 aromatic carbocycles. The minimum Gasteiger partial charge on any atom is -0.372 e. The van der Waals surface area contributed by atoms with Crippen LogP contribution < -0.4 is 0 Å². The fourth-order valence-corrected chi connectivity index (χ4v) is 3.19.